The summed E-state index contributed by atoms with van der Waals surface area (Å²) < 4.78 is 10.8. The van der Waals surface area contributed by atoms with E-state index in [1.54, 1.807) is 29.2 Å². The van der Waals surface area contributed by atoms with Crippen molar-refractivity contribution in [2.45, 2.75) is 31.2 Å². The molecule has 136 valence electrons. The number of nitrogens with one attached hydrogen (secondary N) is 1. The van der Waals surface area contributed by atoms with Crippen LogP contribution in [0, 0.1) is 0 Å². The lowest BCUT2D eigenvalue weighted by Gasteiger charge is -2.26. The average Bonchev–Trinajstić information content (AvgIpc) is 3.09. The maximum atomic E-state index is 12.3. The monoisotopic (exact) mass is 347 g/mol. The summed E-state index contributed by atoms with van der Waals surface area (Å²) in [6.07, 6.45) is 3.44. The number of hydrogen-bond donors (Lipinski definition) is 2. The highest BCUT2D eigenvalue weighted by molar-refractivity contribution is 5.98. The van der Waals surface area contributed by atoms with Crippen LogP contribution in [-0.2, 0) is 14.3 Å². The minimum absolute atomic E-state index is 0.00236. The fourth-order valence-corrected chi connectivity index (χ4v) is 3.17. The second kappa shape index (κ2) is 7.84. The summed E-state index contributed by atoms with van der Waals surface area (Å²) in [4.78, 5) is 26.1. The maximum absolute atomic E-state index is 12.3. The molecule has 0 bridgehead atoms. The zero-order valence-corrected chi connectivity index (χ0v) is 14.3. The normalized spacial score (nSPS) is 19.5. The summed E-state index contributed by atoms with van der Waals surface area (Å²) in [7, 11) is 0. The Labute approximate surface area is 147 Å². The van der Waals surface area contributed by atoms with Crippen LogP contribution in [0.4, 0.5) is 5.69 Å². The number of carbonyl (C=O) groups excluding carboxylic acids is 2. The lowest BCUT2D eigenvalue weighted by atomic mass is 9.98. The topological polar surface area (TPSA) is 93.9 Å². The summed E-state index contributed by atoms with van der Waals surface area (Å²) >= 11 is 0. The van der Waals surface area contributed by atoms with Crippen molar-refractivity contribution in [3.8, 4) is 5.75 Å². The number of nitrogens with zero attached hydrogens (tertiary/aromatic N) is 1. The summed E-state index contributed by atoms with van der Waals surface area (Å²) in [5, 5.41) is 2.86. The van der Waals surface area contributed by atoms with E-state index in [4.69, 9.17) is 15.2 Å². The third-order valence-electron chi connectivity index (χ3n) is 4.79. The smallest absolute Gasteiger partial charge is 0.260 e. The van der Waals surface area contributed by atoms with Gasteiger partial charge in [-0.3, -0.25) is 9.59 Å². The highest BCUT2D eigenvalue weighted by Gasteiger charge is 2.36. The molecular weight excluding hydrogens is 322 g/mol. The number of benzene rings is 1. The van der Waals surface area contributed by atoms with Crippen molar-refractivity contribution in [3.63, 3.8) is 0 Å². The Morgan fingerprint density at radius 2 is 1.80 bits per heavy atom. The van der Waals surface area contributed by atoms with E-state index in [9.17, 15) is 9.59 Å². The molecule has 1 aromatic rings. The largest absolute Gasteiger partial charge is 0.484 e. The van der Waals surface area contributed by atoms with Crippen molar-refractivity contribution in [1.29, 1.82) is 0 Å². The molecular formula is C18H25N3O4. The zero-order chi connectivity index (χ0) is 17.7. The van der Waals surface area contributed by atoms with Gasteiger partial charge in [-0.1, -0.05) is 12.8 Å². The van der Waals surface area contributed by atoms with Crippen LogP contribution in [-0.4, -0.2) is 55.2 Å². The first-order valence-electron chi connectivity index (χ1n) is 8.76. The fourth-order valence-electron chi connectivity index (χ4n) is 3.17. The van der Waals surface area contributed by atoms with Gasteiger partial charge >= 0.3 is 0 Å². The van der Waals surface area contributed by atoms with Crippen LogP contribution in [0.25, 0.3) is 0 Å². The molecule has 1 saturated carbocycles. The van der Waals surface area contributed by atoms with Gasteiger partial charge < -0.3 is 25.4 Å². The summed E-state index contributed by atoms with van der Waals surface area (Å²) in [5.74, 6) is 0.399. The van der Waals surface area contributed by atoms with Crippen molar-refractivity contribution in [3.05, 3.63) is 24.3 Å². The molecule has 1 aliphatic heterocycles. The van der Waals surface area contributed by atoms with Crippen molar-refractivity contribution in [1.82, 2.24) is 4.90 Å². The molecule has 1 saturated heterocycles. The van der Waals surface area contributed by atoms with Crippen LogP contribution in [0.1, 0.15) is 25.7 Å². The molecule has 0 atom stereocenters. The van der Waals surface area contributed by atoms with Crippen molar-refractivity contribution in [2.75, 3.05) is 38.2 Å². The second-order valence-electron chi connectivity index (χ2n) is 6.62. The molecule has 3 rings (SSSR count). The molecule has 7 nitrogen and oxygen atoms in total. The maximum Gasteiger partial charge on any atom is 0.260 e. The van der Waals surface area contributed by atoms with E-state index in [0.29, 0.717) is 37.7 Å². The van der Waals surface area contributed by atoms with Gasteiger partial charge in [0.2, 0.25) is 5.91 Å². The lowest BCUT2D eigenvalue weighted by molar-refractivity contribution is -0.137. The Hall–Kier alpha value is -2.12. The van der Waals surface area contributed by atoms with Gasteiger partial charge in [0.25, 0.3) is 5.91 Å². The molecule has 7 heteroatoms. The standard InChI is InChI=1S/C18H25N3O4/c19-18(7-1-2-8-18)17(23)20-14-3-5-15(6-4-14)25-13-16(22)21-9-11-24-12-10-21/h3-6H,1-2,7-13,19H2,(H,20,23). The summed E-state index contributed by atoms with van der Waals surface area (Å²) in [6.45, 7) is 2.35. The minimum atomic E-state index is -0.750. The first-order chi connectivity index (χ1) is 12.1. The Morgan fingerprint density at radius 3 is 2.44 bits per heavy atom. The zero-order valence-electron chi connectivity index (χ0n) is 14.3. The number of rotatable bonds is 5. The first kappa shape index (κ1) is 17.7. The second-order valence-corrected chi connectivity index (χ2v) is 6.62. The van der Waals surface area contributed by atoms with Crippen molar-refractivity contribution >= 4 is 17.5 Å². The molecule has 1 aliphatic carbocycles. The van der Waals surface area contributed by atoms with E-state index in [-0.39, 0.29) is 18.4 Å². The van der Waals surface area contributed by atoms with Gasteiger partial charge in [0.15, 0.2) is 6.61 Å². The van der Waals surface area contributed by atoms with E-state index >= 15 is 0 Å². The highest BCUT2D eigenvalue weighted by Crippen LogP contribution is 2.28. The predicted molar refractivity (Wildman–Crippen MR) is 93.4 cm³/mol. The Kier molecular flexibility index (Phi) is 5.55. The highest BCUT2D eigenvalue weighted by atomic mass is 16.5. The van der Waals surface area contributed by atoms with Crippen LogP contribution in [0.5, 0.6) is 5.75 Å². The van der Waals surface area contributed by atoms with Crippen LogP contribution < -0.4 is 15.8 Å². The number of carbonyl (C=O) groups is 2. The third kappa shape index (κ3) is 4.49. The minimum Gasteiger partial charge on any atom is -0.484 e. The van der Waals surface area contributed by atoms with Crippen LogP contribution in [0.15, 0.2) is 24.3 Å². The molecule has 0 aromatic heterocycles. The van der Waals surface area contributed by atoms with Gasteiger partial charge in [-0.25, -0.2) is 0 Å². The molecule has 0 spiro atoms. The number of morpholine rings is 1. The molecule has 1 heterocycles. The molecule has 1 aromatic carbocycles. The Balaban J connectivity index is 1.48. The SMILES string of the molecule is NC1(C(=O)Nc2ccc(OCC(=O)N3CCOCC3)cc2)CCCC1. The van der Waals surface area contributed by atoms with E-state index in [1.165, 1.54) is 0 Å². The van der Waals surface area contributed by atoms with Crippen LogP contribution in [0.2, 0.25) is 0 Å². The number of ether oxygens (including phenoxy) is 2. The number of nitrogens with two attached hydrogens (primary N) is 1. The number of hydrogen-bond acceptors (Lipinski definition) is 5. The number of anilines is 1. The summed E-state index contributed by atoms with van der Waals surface area (Å²) in [6, 6.07) is 6.98. The molecule has 0 unspecified atom stereocenters. The van der Waals surface area contributed by atoms with Gasteiger partial charge in [-0.15, -0.1) is 0 Å². The van der Waals surface area contributed by atoms with Gasteiger partial charge in [-0.2, -0.15) is 0 Å². The van der Waals surface area contributed by atoms with Gasteiger partial charge in [-0.05, 0) is 37.1 Å². The summed E-state index contributed by atoms with van der Waals surface area (Å²) in [5.41, 5.74) is 6.07. The Bertz CT molecular complexity index is 605. The molecule has 2 fully saturated rings. The fraction of sp³-hybridized carbons (Fsp3) is 0.556. The van der Waals surface area contributed by atoms with E-state index in [0.717, 1.165) is 25.7 Å². The van der Waals surface area contributed by atoms with Gasteiger partial charge in [0.1, 0.15) is 5.75 Å². The third-order valence-corrected chi connectivity index (χ3v) is 4.79. The Morgan fingerprint density at radius 1 is 1.16 bits per heavy atom. The van der Waals surface area contributed by atoms with E-state index < -0.39 is 5.54 Å². The van der Waals surface area contributed by atoms with Crippen LogP contribution >= 0.6 is 0 Å². The van der Waals surface area contributed by atoms with E-state index in [1.807, 2.05) is 0 Å². The van der Waals surface area contributed by atoms with Gasteiger partial charge in [0.05, 0.1) is 18.8 Å². The van der Waals surface area contributed by atoms with Crippen LogP contribution in [0.3, 0.4) is 0 Å². The first-order valence-corrected chi connectivity index (χ1v) is 8.76. The molecule has 2 amide bonds. The lowest BCUT2D eigenvalue weighted by Crippen LogP contribution is -2.48. The molecule has 3 N–H and O–H groups in total. The molecule has 0 radical (unpaired) electrons. The van der Waals surface area contributed by atoms with E-state index in [2.05, 4.69) is 5.32 Å². The van der Waals surface area contributed by atoms with Crippen molar-refractivity contribution < 1.29 is 19.1 Å². The van der Waals surface area contributed by atoms with Gasteiger partial charge in [0, 0.05) is 18.8 Å². The quantitative estimate of drug-likeness (QED) is 0.833. The average molecular weight is 347 g/mol. The molecule has 25 heavy (non-hydrogen) atoms. The van der Waals surface area contributed by atoms with Crippen molar-refractivity contribution in [2.24, 2.45) is 5.73 Å². The predicted octanol–water partition coefficient (Wildman–Crippen LogP) is 1.13. The molecule has 2 aliphatic rings. The number of amides is 2.